The minimum atomic E-state index is 0.855. The third-order valence-electron chi connectivity index (χ3n) is 0.808. The summed E-state index contributed by atoms with van der Waals surface area (Å²) < 4.78 is 0. The van der Waals surface area contributed by atoms with E-state index in [1.54, 1.807) is 24.3 Å². The molecule has 1 nitrogen and oxygen atoms in total. The lowest BCUT2D eigenvalue weighted by molar-refractivity contribution is 0.727. The third-order valence-corrected chi connectivity index (χ3v) is 0.808. The lowest BCUT2D eigenvalue weighted by atomic mass is 10.3. The Bertz CT molecular complexity index is 97.6. The van der Waals surface area contributed by atoms with Crippen LogP contribution in [0.1, 0.15) is 53.9 Å². The van der Waals surface area contributed by atoms with E-state index in [0.717, 1.165) is 6.54 Å². The van der Waals surface area contributed by atoms with Crippen LogP contribution >= 0.6 is 0 Å². The molecule has 0 aromatic heterocycles. The van der Waals surface area contributed by atoms with Crippen molar-refractivity contribution in [2.24, 2.45) is 5.73 Å². The maximum absolute atomic E-state index is 5.21. The molecule has 0 aromatic carbocycles. The van der Waals surface area contributed by atoms with Crippen LogP contribution in [-0.4, -0.2) is 6.54 Å². The van der Waals surface area contributed by atoms with Crippen molar-refractivity contribution in [2.75, 3.05) is 6.54 Å². The molecule has 0 aromatic rings. The van der Waals surface area contributed by atoms with Crippen molar-refractivity contribution in [2.45, 2.75) is 53.9 Å². The van der Waals surface area contributed by atoms with Gasteiger partial charge in [0.25, 0.3) is 0 Å². The van der Waals surface area contributed by atoms with Gasteiger partial charge in [0.2, 0.25) is 0 Å². The van der Waals surface area contributed by atoms with Gasteiger partial charge in [-0.15, -0.1) is 26.3 Å². The molecule has 0 radical (unpaired) electrons. The summed E-state index contributed by atoms with van der Waals surface area (Å²) in [5.41, 5.74) is 5.21. The molecule has 0 aliphatic rings. The zero-order chi connectivity index (χ0) is 15.7. The van der Waals surface area contributed by atoms with Gasteiger partial charge in [-0.3, -0.25) is 0 Å². The summed E-state index contributed by atoms with van der Waals surface area (Å²) in [4.78, 5) is 0. The van der Waals surface area contributed by atoms with E-state index in [4.69, 9.17) is 5.73 Å². The predicted octanol–water partition coefficient (Wildman–Crippen LogP) is 5.90. The zero-order valence-corrected chi connectivity index (χ0v) is 13.5. The minimum Gasteiger partial charge on any atom is -0.330 e. The second kappa shape index (κ2) is 74.0. The minimum absolute atomic E-state index is 0.855. The smallest absolute Gasteiger partial charge is 0.00773 e. The average molecular weight is 255 g/mol. The molecule has 0 rings (SSSR count). The lowest BCUT2D eigenvalue weighted by Crippen LogP contribution is -1.96. The maximum Gasteiger partial charge on any atom is -0.00773 e. The summed E-state index contributed by atoms with van der Waals surface area (Å²) in [5.74, 6) is 0. The molecule has 0 spiro atoms. The number of nitrogens with two attached hydrogens (primary N) is 1. The van der Waals surface area contributed by atoms with Crippen molar-refractivity contribution < 1.29 is 0 Å². The van der Waals surface area contributed by atoms with Gasteiger partial charge >= 0.3 is 0 Å². The monoisotopic (exact) mass is 255 g/mol. The van der Waals surface area contributed by atoms with E-state index >= 15 is 0 Å². The Balaban J connectivity index is -0.0000000412. The Hall–Kier alpha value is -1.08. The summed E-state index contributed by atoms with van der Waals surface area (Å²) >= 11 is 0. The van der Waals surface area contributed by atoms with Gasteiger partial charge in [0.05, 0.1) is 0 Å². The van der Waals surface area contributed by atoms with Crippen LogP contribution < -0.4 is 5.73 Å². The van der Waals surface area contributed by atoms with Crippen LogP contribution in [0.5, 0.6) is 0 Å². The molecular weight excluding hydrogens is 218 g/mol. The molecule has 2 N–H and O–H groups in total. The third kappa shape index (κ3) is 784. The summed E-state index contributed by atoms with van der Waals surface area (Å²) in [5, 5.41) is 0. The van der Waals surface area contributed by atoms with Gasteiger partial charge in [-0.05, 0) is 40.7 Å². The van der Waals surface area contributed by atoms with E-state index in [2.05, 4.69) is 33.2 Å². The van der Waals surface area contributed by atoms with E-state index in [9.17, 15) is 0 Å². The van der Waals surface area contributed by atoms with Crippen molar-refractivity contribution in [3.63, 3.8) is 0 Å². The molecule has 18 heavy (non-hydrogen) atoms. The fourth-order valence-corrected chi connectivity index (χ4v) is 0.394. The van der Waals surface area contributed by atoms with Crippen molar-refractivity contribution in [3.05, 3.63) is 50.6 Å². The quantitative estimate of drug-likeness (QED) is 0.493. The molecule has 110 valence electrons. The van der Waals surface area contributed by atoms with Crippen LogP contribution in [0.25, 0.3) is 0 Å². The summed E-state index contributed by atoms with van der Waals surface area (Å²) in [6.07, 6.45) is 10.8. The van der Waals surface area contributed by atoms with Crippen LogP contribution in [-0.2, 0) is 0 Å². The molecule has 0 heterocycles. The van der Waals surface area contributed by atoms with Gasteiger partial charge < -0.3 is 5.73 Å². The molecule has 0 bridgehead atoms. The number of unbranched alkanes of at least 4 members (excludes halogenated alkanes) is 2. The van der Waals surface area contributed by atoms with E-state index in [-0.39, 0.29) is 0 Å². The first-order valence-electron chi connectivity index (χ1n) is 6.56. The highest BCUT2D eigenvalue weighted by molar-refractivity contribution is 4.52. The normalized spacial score (nSPS) is 5.89. The van der Waals surface area contributed by atoms with Gasteiger partial charge in [0.1, 0.15) is 0 Å². The SMILES string of the molecule is C=CC.C=CC.C=CC.C=CC.CCCCCN. The highest BCUT2D eigenvalue weighted by Gasteiger charge is 1.75. The fourth-order valence-electron chi connectivity index (χ4n) is 0.394. The first-order valence-corrected chi connectivity index (χ1v) is 6.56. The number of hydrogen-bond donors (Lipinski definition) is 1. The molecule has 0 aliphatic heterocycles. The fraction of sp³-hybridized carbons (Fsp3) is 0.529. The summed E-state index contributed by atoms with van der Waals surface area (Å²) in [6.45, 7) is 24.0. The Morgan fingerprint density at radius 1 is 0.722 bits per heavy atom. The van der Waals surface area contributed by atoms with Crippen molar-refractivity contribution in [1.82, 2.24) is 0 Å². The topological polar surface area (TPSA) is 26.0 Å². The lowest BCUT2D eigenvalue weighted by Gasteiger charge is -1.86. The molecule has 1 heteroatoms. The molecule has 0 saturated carbocycles. The summed E-state index contributed by atoms with van der Waals surface area (Å²) in [6, 6.07) is 0. The van der Waals surface area contributed by atoms with E-state index < -0.39 is 0 Å². The van der Waals surface area contributed by atoms with Crippen LogP contribution in [0.15, 0.2) is 50.6 Å². The van der Waals surface area contributed by atoms with Crippen molar-refractivity contribution >= 4 is 0 Å². The largest absolute Gasteiger partial charge is 0.330 e. The molecule has 0 fully saturated rings. The Morgan fingerprint density at radius 3 is 1.00 bits per heavy atom. The molecule has 0 aliphatic carbocycles. The van der Waals surface area contributed by atoms with Crippen molar-refractivity contribution in [1.29, 1.82) is 0 Å². The zero-order valence-electron chi connectivity index (χ0n) is 13.5. The molecule has 0 unspecified atom stereocenters. The van der Waals surface area contributed by atoms with E-state index in [1.807, 2.05) is 27.7 Å². The van der Waals surface area contributed by atoms with Gasteiger partial charge in [-0.1, -0.05) is 44.1 Å². The van der Waals surface area contributed by atoms with Crippen LogP contribution in [0, 0.1) is 0 Å². The highest BCUT2D eigenvalue weighted by atomic mass is 14.5. The predicted molar refractivity (Wildman–Crippen MR) is 92.1 cm³/mol. The number of rotatable bonds is 3. The first kappa shape index (κ1) is 30.2. The van der Waals surface area contributed by atoms with E-state index in [1.165, 1.54) is 19.3 Å². The van der Waals surface area contributed by atoms with Crippen LogP contribution in [0.3, 0.4) is 0 Å². The number of allylic oxidation sites excluding steroid dienone is 4. The molecule has 0 amide bonds. The molecular formula is C17H37N. The van der Waals surface area contributed by atoms with Gasteiger partial charge in [-0.2, -0.15) is 0 Å². The van der Waals surface area contributed by atoms with Gasteiger partial charge in [0, 0.05) is 0 Å². The standard InChI is InChI=1S/C5H13N.4C3H6/c1-2-3-4-5-6;4*1-3-2/h2-6H2,1H3;4*3H,1H2,2H3. The van der Waals surface area contributed by atoms with Gasteiger partial charge in [0.15, 0.2) is 0 Å². The highest BCUT2D eigenvalue weighted by Crippen LogP contribution is 1.88. The Labute approximate surface area is 117 Å². The Morgan fingerprint density at radius 2 is 0.944 bits per heavy atom. The van der Waals surface area contributed by atoms with Crippen LogP contribution in [0.2, 0.25) is 0 Å². The molecule has 0 saturated heterocycles. The van der Waals surface area contributed by atoms with Crippen molar-refractivity contribution in [3.8, 4) is 0 Å². The second-order valence-electron chi connectivity index (χ2n) is 3.13. The first-order chi connectivity index (χ1) is 8.57. The second-order valence-corrected chi connectivity index (χ2v) is 3.13. The molecule has 0 atom stereocenters. The number of hydrogen-bond acceptors (Lipinski definition) is 1. The Kier molecular flexibility index (Phi) is 124. The summed E-state index contributed by atoms with van der Waals surface area (Å²) in [7, 11) is 0. The van der Waals surface area contributed by atoms with Gasteiger partial charge in [-0.25, -0.2) is 0 Å². The van der Waals surface area contributed by atoms with E-state index in [0.29, 0.717) is 0 Å². The van der Waals surface area contributed by atoms with Crippen LogP contribution in [0.4, 0.5) is 0 Å². The average Bonchev–Trinajstić information content (AvgIpc) is 2.30. The maximum atomic E-state index is 5.21.